The van der Waals surface area contributed by atoms with Crippen LogP contribution >= 0.6 is 15.9 Å². The zero-order chi connectivity index (χ0) is 16.3. The molecule has 1 aliphatic heterocycles. The van der Waals surface area contributed by atoms with Crippen molar-refractivity contribution in [2.75, 3.05) is 11.9 Å². The fourth-order valence-corrected chi connectivity index (χ4v) is 3.40. The first-order chi connectivity index (χ1) is 11.2. The molecule has 0 radical (unpaired) electrons. The van der Waals surface area contributed by atoms with Gasteiger partial charge in [0.2, 0.25) is 5.79 Å². The molecule has 3 rings (SSSR count). The van der Waals surface area contributed by atoms with Gasteiger partial charge in [-0.2, -0.15) is 0 Å². The lowest BCUT2D eigenvalue weighted by Gasteiger charge is -2.28. The number of halogens is 1. The van der Waals surface area contributed by atoms with Gasteiger partial charge in [-0.05, 0) is 49.2 Å². The second-order valence-corrected chi connectivity index (χ2v) is 6.30. The lowest BCUT2D eigenvalue weighted by Crippen LogP contribution is -2.31. The second kappa shape index (κ2) is 7.04. The van der Waals surface area contributed by atoms with Crippen LogP contribution in [-0.2, 0) is 15.3 Å². The molecule has 122 valence electrons. The number of hydrogen-bond acceptors (Lipinski definition) is 3. The van der Waals surface area contributed by atoms with Crippen LogP contribution in [0.1, 0.15) is 24.5 Å². The summed E-state index contributed by atoms with van der Waals surface area (Å²) in [5.41, 5.74) is 2.14. The largest absolute Gasteiger partial charge is 0.457 e. The molecule has 0 aliphatic carbocycles. The molecule has 0 amide bonds. The normalized spacial score (nSPS) is 23.9. The number of hydrogen-bond donors (Lipinski definition) is 0. The van der Waals surface area contributed by atoms with E-state index in [2.05, 4.69) is 29.8 Å². The highest BCUT2D eigenvalue weighted by Crippen LogP contribution is 2.39. The molecule has 2 unspecified atom stereocenters. The average Bonchev–Trinajstić information content (AvgIpc) is 3.01. The van der Waals surface area contributed by atoms with E-state index in [9.17, 15) is 0 Å². The monoisotopic (exact) mass is 376 g/mol. The van der Waals surface area contributed by atoms with Gasteiger partial charge in [0.1, 0.15) is 11.5 Å². The van der Waals surface area contributed by atoms with Crippen molar-refractivity contribution in [3.8, 4) is 11.5 Å². The molecule has 0 saturated carbocycles. The smallest absolute Gasteiger partial charge is 0.205 e. The van der Waals surface area contributed by atoms with Crippen molar-refractivity contribution < 1.29 is 14.2 Å². The molecule has 1 saturated heterocycles. The third-order valence-corrected chi connectivity index (χ3v) is 4.82. The summed E-state index contributed by atoms with van der Waals surface area (Å²) >= 11 is 3.55. The maximum absolute atomic E-state index is 6.16. The fraction of sp³-hybridized carbons (Fsp3) is 0.368. The number of rotatable bonds is 5. The van der Waals surface area contributed by atoms with E-state index in [-0.39, 0.29) is 6.10 Å². The van der Waals surface area contributed by atoms with Crippen LogP contribution in [0.3, 0.4) is 0 Å². The quantitative estimate of drug-likeness (QED) is 0.674. The Morgan fingerprint density at radius 1 is 1.17 bits per heavy atom. The Bertz CT molecular complexity index is 659. The molecule has 3 nitrogen and oxygen atoms in total. The zero-order valence-corrected chi connectivity index (χ0v) is 15.0. The Hall–Kier alpha value is -1.36. The van der Waals surface area contributed by atoms with Crippen LogP contribution in [0.4, 0.5) is 0 Å². The van der Waals surface area contributed by atoms with Crippen LogP contribution in [0.2, 0.25) is 0 Å². The molecule has 1 aliphatic rings. The van der Waals surface area contributed by atoms with Crippen molar-refractivity contribution in [1.29, 1.82) is 0 Å². The number of ether oxygens (including phenoxy) is 3. The Morgan fingerprint density at radius 2 is 1.96 bits per heavy atom. The SMILES string of the molecule is CCC1COC(CBr)(c2ccc(Oc3ccccc3)cc2C)O1. The molecule has 23 heavy (non-hydrogen) atoms. The minimum absolute atomic E-state index is 0.146. The van der Waals surface area contributed by atoms with Gasteiger partial charge in [0.05, 0.1) is 18.0 Å². The predicted molar refractivity (Wildman–Crippen MR) is 94.3 cm³/mol. The van der Waals surface area contributed by atoms with Crippen LogP contribution in [0.25, 0.3) is 0 Å². The number of benzene rings is 2. The Kier molecular flexibility index (Phi) is 5.05. The van der Waals surface area contributed by atoms with E-state index in [1.54, 1.807) is 0 Å². The first kappa shape index (κ1) is 16.5. The van der Waals surface area contributed by atoms with Crippen molar-refractivity contribution in [2.45, 2.75) is 32.2 Å². The van der Waals surface area contributed by atoms with E-state index >= 15 is 0 Å². The van der Waals surface area contributed by atoms with E-state index < -0.39 is 5.79 Å². The van der Waals surface area contributed by atoms with E-state index in [0.717, 1.165) is 29.0 Å². The minimum atomic E-state index is -0.698. The number of alkyl halides is 1. The van der Waals surface area contributed by atoms with Gasteiger partial charge in [0.25, 0.3) is 0 Å². The molecule has 0 N–H and O–H groups in total. The van der Waals surface area contributed by atoms with Crippen LogP contribution in [0, 0.1) is 6.92 Å². The van der Waals surface area contributed by atoms with E-state index in [0.29, 0.717) is 11.9 Å². The standard InChI is InChI=1S/C19H21BrO3/c1-3-15-12-21-19(13-20,23-15)18-10-9-17(11-14(18)2)22-16-7-5-4-6-8-16/h4-11,15H,3,12-13H2,1-2H3. The summed E-state index contributed by atoms with van der Waals surface area (Å²) in [6.07, 6.45) is 1.09. The third-order valence-electron chi connectivity index (χ3n) is 4.08. The van der Waals surface area contributed by atoms with Gasteiger partial charge < -0.3 is 14.2 Å². The van der Waals surface area contributed by atoms with Gasteiger partial charge in [-0.25, -0.2) is 0 Å². The molecular formula is C19H21BrO3. The van der Waals surface area contributed by atoms with Gasteiger partial charge >= 0.3 is 0 Å². The topological polar surface area (TPSA) is 27.7 Å². The van der Waals surface area contributed by atoms with Crippen LogP contribution in [-0.4, -0.2) is 18.0 Å². The van der Waals surface area contributed by atoms with E-state index in [1.165, 1.54) is 0 Å². The Morgan fingerprint density at radius 3 is 2.57 bits per heavy atom. The predicted octanol–water partition coefficient (Wildman–Crippen LogP) is 5.16. The van der Waals surface area contributed by atoms with Crippen molar-refractivity contribution >= 4 is 15.9 Å². The van der Waals surface area contributed by atoms with Gasteiger partial charge in [-0.1, -0.05) is 41.1 Å². The van der Waals surface area contributed by atoms with Crippen LogP contribution < -0.4 is 4.74 Å². The summed E-state index contributed by atoms with van der Waals surface area (Å²) in [5, 5.41) is 0.607. The van der Waals surface area contributed by atoms with Crippen LogP contribution in [0.15, 0.2) is 48.5 Å². The first-order valence-corrected chi connectivity index (χ1v) is 9.01. The Labute approximate surface area is 145 Å². The lowest BCUT2D eigenvalue weighted by atomic mass is 10.0. The van der Waals surface area contributed by atoms with Crippen molar-refractivity contribution in [3.05, 3.63) is 59.7 Å². The molecule has 2 atom stereocenters. The zero-order valence-electron chi connectivity index (χ0n) is 13.4. The third kappa shape index (κ3) is 3.44. The van der Waals surface area contributed by atoms with Gasteiger partial charge in [-0.15, -0.1) is 0 Å². The van der Waals surface area contributed by atoms with Gasteiger partial charge in [0.15, 0.2) is 0 Å². The molecule has 1 heterocycles. The molecule has 4 heteroatoms. The summed E-state index contributed by atoms with van der Waals surface area (Å²) in [6, 6.07) is 15.8. The lowest BCUT2D eigenvalue weighted by molar-refractivity contribution is -0.157. The summed E-state index contributed by atoms with van der Waals surface area (Å²) in [7, 11) is 0. The molecule has 2 aromatic rings. The van der Waals surface area contributed by atoms with Gasteiger partial charge in [-0.3, -0.25) is 0 Å². The highest BCUT2D eigenvalue weighted by atomic mass is 79.9. The molecule has 1 fully saturated rings. The number of para-hydroxylation sites is 1. The van der Waals surface area contributed by atoms with Crippen molar-refractivity contribution in [1.82, 2.24) is 0 Å². The average molecular weight is 377 g/mol. The first-order valence-electron chi connectivity index (χ1n) is 7.88. The minimum Gasteiger partial charge on any atom is -0.457 e. The van der Waals surface area contributed by atoms with Gasteiger partial charge in [0, 0.05) is 5.56 Å². The summed E-state index contributed by atoms with van der Waals surface area (Å²) in [4.78, 5) is 0. The molecule has 2 aromatic carbocycles. The van der Waals surface area contributed by atoms with E-state index in [1.807, 2.05) is 48.5 Å². The molecular weight excluding hydrogens is 356 g/mol. The van der Waals surface area contributed by atoms with Crippen LogP contribution in [0.5, 0.6) is 11.5 Å². The molecule has 0 aromatic heterocycles. The maximum Gasteiger partial charge on any atom is 0.205 e. The summed E-state index contributed by atoms with van der Waals surface area (Å²) < 4.78 is 18.1. The molecule has 0 bridgehead atoms. The number of aryl methyl sites for hydroxylation is 1. The van der Waals surface area contributed by atoms with Crippen molar-refractivity contribution in [2.24, 2.45) is 0 Å². The highest BCUT2D eigenvalue weighted by molar-refractivity contribution is 9.09. The Balaban J connectivity index is 1.84. The molecule has 0 spiro atoms. The fourth-order valence-electron chi connectivity index (χ4n) is 2.80. The van der Waals surface area contributed by atoms with Crippen molar-refractivity contribution in [3.63, 3.8) is 0 Å². The summed E-state index contributed by atoms with van der Waals surface area (Å²) in [6.45, 7) is 4.80. The second-order valence-electron chi connectivity index (χ2n) is 5.74. The highest BCUT2D eigenvalue weighted by Gasteiger charge is 2.42. The summed E-state index contributed by atoms with van der Waals surface area (Å²) in [5.74, 6) is 0.942. The maximum atomic E-state index is 6.16. The van der Waals surface area contributed by atoms with E-state index in [4.69, 9.17) is 14.2 Å².